The van der Waals surface area contributed by atoms with Gasteiger partial charge in [-0.25, -0.2) is 0 Å². The van der Waals surface area contributed by atoms with Crippen LogP contribution < -0.4 is 10.5 Å². The average Bonchev–Trinajstić information content (AvgIpc) is 2.87. The van der Waals surface area contributed by atoms with E-state index in [-0.39, 0.29) is 29.7 Å². The van der Waals surface area contributed by atoms with Crippen LogP contribution in [-0.2, 0) is 15.0 Å². The number of Topliss-reactive ketones (excluding diaryl/α,β-unsaturated/α-hetero) is 1. The first kappa shape index (κ1) is 16.2. The predicted molar refractivity (Wildman–Crippen MR) is 93.4 cm³/mol. The van der Waals surface area contributed by atoms with E-state index in [2.05, 4.69) is 6.58 Å². The fraction of sp³-hybridized carbons (Fsp3) is 0.250. The van der Waals surface area contributed by atoms with Crippen LogP contribution in [-0.4, -0.2) is 23.1 Å². The van der Waals surface area contributed by atoms with Gasteiger partial charge in [-0.1, -0.05) is 24.3 Å². The Morgan fingerprint density at radius 2 is 2.12 bits per heavy atom. The number of benzene rings is 1. The number of hydrogen-bond acceptors (Lipinski definition) is 5. The summed E-state index contributed by atoms with van der Waals surface area (Å²) in [5.41, 5.74) is 6.00. The molecule has 0 aromatic heterocycles. The van der Waals surface area contributed by atoms with Crippen molar-refractivity contribution in [3.63, 3.8) is 0 Å². The lowest BCUT2D eigenvalue weighted by molar-refractivity contribution is -0.131. The molecule has 2 heterocycles. The van der Waals surface area contributed by atoms with Gasteiger partial charge in [0.2, 0.25) is 11.8 Å². The molecule has 0 saturated carbocycles. The predicted octanol–water partition coefficient (Wildman–Crippen LogP) is 2.05. The highest BCUT2D eigenvalue weighted by Crippen LogP contribution is 2.55. The zero-order valence-corrected chi connectivity index (χ0v) is 14.1. The zero-order chi connectivity index (χ0) is 18.5. The highest BCUT2D eigenvalue weighted by atomic mass is 16.5. The first-order valence-electron chi connectivity index (χ1n) is 8.44. The van der Waals surface area contributed by atoms with E-state index in [1.807, 2.05) is 6.07 Å². The van der Waals surface area contributed by atoms with E-state index in [9.17, 15) is 14.9 Å². The lowest BCUT2D eigenvalue weighted by atomic mass is 9.65. The number of ether oxygens (including phenoxy) is 1. The molecule has 1 amide bonds. The Morgan fingerprint density at radius 3 is 2.85 bits per heavy atom. The van der Waals surface area contributed by atoms with Crippen molar-refractivity contribution in [3.05, 3.63) is 65.2 Å². The molecule has 4 rings (SSSR count). The average molecular weight is 347 g/mol. The number of amides is 1. The standard InChI is InChI=1S/C20H17N3O3/c1-2-10-23-14-7-5-8-15(24)17(14)20(19(23)25)12-6-3-4-9-16(12)26-18(22)13(20)11-21/h2-4,6,9H,1,5,7-8,10,22H2. The summed E-state index contributed by atoms with van der Waals surface area (Å²) < 4.78 is 5.59. The van der Waals surface area contributed by atoms with Crippen molar-refractivity contribution in [2.24, 2.45) is 5.73 Å². The van der Waals surface area contributed by atoms with Gasteiger partial charge in [-0.15, -0.1) is 6.58 Å². The molecule has 0 bridgehead atoms. The molecular formula is C20H17N3O3. The van der Waals surface area contributed by atoms with Crippen LogP contribution in [0.3, 0.4) is 0 Å². The van der Waals surface area contributed by atoms with Gasteiger partial charge in [0.05, 0.1) is 0 Å². The molecule has 2 N–H and O–H groups in total. The van der Waals surface area contributed by atoms with Crippen LogP contribution in [0.5, 0.6) is 5.75 Å². The molecule has 6 heteroatoms. The van der Waals surface area contributed by atoms with Gasteiger partial charge < -0.3 is 15.4 Å². The second kappa shape index (κ2) is 5.60. The molecule has 0 radical (unpaired) electrons. The molecule has 1 aromatic carbocycles. The smallest absolute Gasteiger partial charge is 0.247 e. The largest absolute Gasteiger partial charge is 0.440 e. The van der Waals surface area contributed by atoms with Crippen LogP contribution in [0.4, 0.5) is 0 Å². The lowest BCUT2D eigenvalue weighted by Gasteiger charge is -2.35. The van der Waals surface area contributed by atoms with E-state index < -0.39 is 5.41 Å². The molecule has 1 spiro atoms. The molecule has 1 unspecified atom stereocenters. The molecule has 26 heavy (non-hydrogen) atoms. The van der Waals surface area contributed by atoms with Gasteiger partial charge in [0.25, 0.3) is 0 Å². The minimum absolute atomic E-state index is 0.0180. The van der Waals surface area contributed by atoms with E-state index in [1.165, 1.54) is 0 Å². The Morgan fingerprint density at radius 1 is 1.35 bits per heavy atom. The molecular weight excluding hydrogens is 330 g/mol. The summed E-state index contributed by atoms with van der Waals surface area (Å²) in [7, 11) is 0. The third-order valence-corrected chi connectivity index (χ3v) is 5.21. The summed E-state index contributed by atoms with van der Waals surface area (Å²) in [6.45, 7) is 3.99. The van der Waals surface area contributed by atoms with Crippen molar-refractivity contribution >= 4 is 11.7 Å². The summed E-state index contributed by atoms with van der Waals surface area (Å²) >= 11 is 0. The minimum atomic E-state index is -1.52. The SMILES string of the molecule is C=CCN1C(=O)C2(C(C#N)=C(N)Oc3ccccc32)C2=C1CCCC2=O. The number of ketones is 1. The molecule has 130 valence electrons. The van der Waals surface area contributed by atoms with Gasteiger partial charge in [0, 0.05) is 29.8 Å². The number of nitrogens with two attached hydrogens (primary N) is 1. The first-order valence-corrected chi connectivity index (χ1v) is 8.44. The van der Waals surface area contributed by atoms with Crippen molar-refractivity contribution in [1.82, 2.24) is 4.90 Å². The number of para-hydroxylation sites is 1. The number of carbonyl (C=O) groups excluding carboxylic acids is 2. The Labute approximate surface area is 150 Å². The van der Waals surface area contributed by atoms with E-state index in [1.54, 1.807) is 35.2 Å². The van der Waals surface area contributed by atoms with Crippen LogP contribution in [0.25, 0.3) is 0 Å². The highest BCUT2D eigenvalue weighted by Gasteiger charge is 2.62. The second-order valence-corrected chi connectivity index (χ2v) is 6.50. The minimum Gasteiger partial charge on any atom is -0.440 e. The van der Waals surface area contributed by atoms with Crippen molar-refractivity contribution in [2.75, 3.05) is 6.54 Å². The topological polar surface area (TPSA) is 96.4 Å². The number of rotatable bonds is 2. The summed E-state index contributed by atoms with van der Waals surface area (Å²) in [6.07, 6.45) is 3.24. The van der Waals surface area contributed by atoms with Crippen LogP contribution in [0.2, 0.25) is 0 Å². The second-order valence-electron chi connectivity index (χ2n) is 6.50. The van der Waals surface area contributed by atoms with Crippen LogP contribution >= 0.6 is 0 Å². The zero-order valence-electron chi connectivity index (χ0n) is 14.1. The Hall–Kier alpha value is -3.33. The molecule has 1 aliphatic carbocycles. The molecule has 0 fully saturated rings. The van der Waals surface area contributed by atoms with Crippen LogP contribution in [0.1, 0.15) is 24.8 Å². The van der Waals surface area contributed by atoms with Crippen LogP contribution in [0.15, 0.2) is 59.6 Å². The molecule has 2 aliphatic heterocycles. The van der Waals surface area contributed by atoms with E-state index in [0.717, 1.165) is 0 Å². The number of nitrogens with zero attached hydrogens (tertiary/aromatic N) is 2. The van der Waals surface area contributed by atoms with E-state index in [0.29, 0.717) is 41.8 Å². The molecule has 3 aliphatic rings. The fourth-order valence-electron chi connectivity index (χ4n) is 4.25. The van der Waals surface area contributed by atoms with Gasteiger partial charge in [0.1, 0.15) is 22.8 Å². The van der Waals surface area contributed by atoms with Crippen molar-refractivity contribution in [3.8, 4) is 11.8 Å². The Balaban J connectivity index is 2.12. The van der Waals surface area contributed by atoms with Crippen molar-refractivity contribution in [1.29, 1.82) is 5.26 Å². The molecule has 1 atom stereocenters. The number of allylic oxidation sites excluding steroid dienone is 1. The van der Waals surface area contributed by atoms with E-state index in [4.69, 9.17) is 10.5 Å². The van der Waals surface area contributed by atoms with Gasteiger partial charge in [-0.3, -0.25) is 9.59 Å². The van der Waals surface area contributed by atoms with Crippen molar-refractivity contribution in [2.45, 2.75) is 24.7 Å². The summed E-state index contributed by atoms with van der Waals surface area (Å²) in [5, 5.41) is 9.83. The molecule has 0 saturated heterocycles. The van der Waals surface area contributed by atoms with Gasteiger partial charge in [-0.2, -0.15) is 5.26 Å². The van der Waals surface area contributed by atoms with Gasteiger partial charge >= 0.3 is 0 Å². The summed E-state index contributed by atoms with van der Waals surface area (Å²) in [4.78, 5) is 28.2. The normalized spacial score (nSPS) is 24.3. The summed E-state index contributed by atoms with van der Waals surface area (Å²) in [6, 6.07) is 8.98. The van der Waals surface area contributed by atoms with Gasteiger partial charge in [0.15, 0.2) is 5.78 Å². The van der Waals surface area contributed by atoms with Gasteiger partial charge in [-0.05, 0) is 18.9 Å². The Bertz CT molecular complexity index is 967. The highest BCUT2D eigenvalue weighted by molar-refractivity contribution is 6.15. The maximum Gasteiger partial charge on any atom is 0.247 e. The maximum absolute atomic E-state index is 13.6. The summed E-state index contributed by atoms with van der Waals surface area (Å²) in [5.74, 6) is -0.204. The number of carbonyl (C=O) groups is 2. The lowest BCUT2D eigenvalue weighted by Crippen LogP contribution is -2.46. The quantitative estimate of drug-likeness (QED) is 0.826. The monoisotopic (exact) mass is 347 g/mol. The fourth-order valence-corrected chi connectivity index (χ4v) is 4.25. The van der Waals surface area contributed by atoms with Crippen molar-refractivity contribution < 1.29 is 14.3 Å². The van der Waals surface area contributed by atoms with E-state index >= 15 is 0 Å². The third kappa shape index (κ3) is 1.80. The number of hydrogen-bond donors (Lipinski definition) is 1. The number of nitriles is 1. The molecule has 1 aromatic rings. The number of fused-ring (bicyclic) bond motifs is 3. The first-order chi connectivity index (χ1) is 12.6. The third-order valence-electron chi connectivity index (χ3n) is 5.21. The van der Waals surface area contributed by atoms with Crippen LogP contribution in [0, 0.1) is 11.3 Å². The molecule has 6 nitrogen and oxygen atoms in total. The maximum atomic E-state index is 13.6. The Kier molecular flexibility index (Phi) is 3.48.